The Morgan fingerprint density at radius 1 is 1.27 bits per heavy atom. The van der Waals surface area contributed by atoms with Crippen LogP contribution in [-0.4, -0.2) is 49.3 Å². The van der Waals surface area contributed by atoms with E-state index >= 15 is 0 Å². The highest BCUT2D eigenvalue weighted by molar-refractivity contribution is 6.30. The Morgan fingerprint density at radius 2 is 1.95 bits per heavy atom. The van der Waals surface area contributed by atoms with Crippen LogP contribution in [0.3, 0.4) is 0 Å². The van der Waals surface area contributed by atoms with Crippen LogP contribution < -0.4 is 16.4 Å². The number of hydrogen-bond donors (Lipinski definition) is 3. The summed E-state index contributed by atoms with van der Waals surface area (Å²) >= 11 is 5.80. The third-order valence-corrected chi connectivity index (χ3v) is 2.77. The van der Waals surface area contributed by atoms with Crippen LogP contribution in [0.5, 0.6) is 0 Å². The number of nitrogens with one attached hydrogen (secondary N) is 2. The van der Waals surface area contributed by atoms with E-state index in [1.807, 2.05) is 0 Å². The van der Waals surface area contributed by atoms with Crippen molar-refractivity contribution in [3.63, 3.8) is 0 Å². The third kappa shape index (κ3) is 7.26. The molecule has 1 aromatic carbocycles. The summed E-state index contributed by atoms with van der Waals surface area (Å²) in [6, 6.07) is 6.68. The van der Waals surface area contributed by atoms with E-state index in [-0.39, 0.29) is 37.9 Å². The Morgan fingerprint density at radius 3 is 2.55 bits per heavy atom. The first-order valence-corrected chi connectivity index (χ1v) is 6.56. The number of nitrogens with two attached hydrogens (primary N) is 1. The number of amides is 3. The van der Waals surface area contributed by atoms with Gasteiger partial charge in [-0.1, -0.05) is 17.7 Å². The van der Waals surface area contributed by atoms with Gasteiger partial charge in [0.15, 0.2) is 0 Å². The molecule has 4 N–H and O–H groups in total. The predicted octanol–water partition coefficient (Wildman–Crippen LogP) is 0.234. The van der Waals surface area contributed by atoms with Crippen molar-refractivity contribution in [2.45, 2.75) is 0 Å². The van der Waals surface area contributed by atoms with Gasteiger partial charge in [-0.2, -0.15) is 0 Å². The molecule has 0 bridgehead atoms. The molecule has 0 aromatic heterocycles. The summed E-state index contributed by atoms with van der Waals surface area (Å²) in [6.07, 6.45) is 0. The number of carbonyl (C=O) groups excluding carboxylic acids is 3. The van der Waals surface area contributed by atoms with Crippen LogP contribution >= 0.6 is 24.0 Å². The van der Waals surface area contributed by atoms with Crippen molar-refractivity contribution < 1.29 is 14.4 Å². The number of likely N-dealkylation sites (N-methyl/N-ethyl adjacent to an activating group) is 1. The molecule has 0 saturated carbocycles. The highest BCUT2D eigenvalue weighted by atomic mass is 35.5. The van der Waals surface area contributed by atoms with Crippen LogP contribution in [-0.2, 0) is 14.4 Å². The second-order valence-electron chi connectivity index (χ2n) is 4.29. The molecule has 0 heterocycles. The zero-order valence-corrected chi connectivity index (χ0v) is 13.5. The van der Waals surface area contributed by atoms with Crippen LogP contribution in [0.2, 0.25) is 5.02 Å². The van der Waals surface area contributed by atoms with Gasteiger partial charge < -0.3 is 21.3 Å². The van der Waals surface area contributed by atoms with E-state index in [1.54, 1.807) is 24.3 Å². The molecule has 0 aliphatic heterocycles. The van der Waals surface area contributed by atoms with Gasteiger partial charge in [0, 0.05) is 17.8 Å². The second-order valence-corrected chi connectivity index (χ2v) is 4.73. The van der Waals surface area contributed by atoms with Crippen molar-refractivity contribution in [1.82, 2.24) is 10.2 Å². The van der Waals surface area contributed by atoms with Gasteiger partial charge in [0.1, 0.15) is 0 Å². The number of nitrogens with zero attached hydrogens (tertiary/aromatic N) is 1. The van der Waals surface area contributed by atoms with Crippen LogP contribution in [0.1, 0.15) is 0 Å². The zero-order chi connectivity index (χ0) is 15.8. The molecule has 0 fully saturated rings. The second kappa shape index (κ2) is 9.99. The average molecular weight is 349 g/mol. The minimum Gasteiger partial charge on any atom is -0.346 e. The average Bonchev–Trinajstić information content (AvgIpc) is 2.43. The first-order chi connectivity index (χ1) is 9.92. The Kier molecular flexibility index (Phi) is 9.16. The molecule has 122 valence electrons. The van der Waals surface area contributed by atoms with Gasteiger partial charge in [-0.3, -0.25) is 14.4 Å². The maximum Gasteiger partial charge on any atom is 0.243 e. The van der Waals surface area contributed by atoms with Crippen LogP contribution in [0.15, 0.2) is 24.3 Å². The summed E-state index contributed by atoms with van der Waals surface area (Å²) in [4.78, 5) is 35.6. The molecule has 9 heteroatoms. The lowest BCUT2D eigenvalue weighted by Gasteiger charge is -2.17. The molecule has 0 spiro atoms. The van der Waals surface area contributed by atoms with Crippen molar-refractivity contribution >= 4 is 47.4 Å². The Balaban J connectivity index is 0.00000441. The molecule has 3 amide bonds. The Hall–Kier alpha value is -1.83. The monoisotopic (exact) mass is 348 g/mol. The van der Waals surface area contributed by atoms with Crippen molar-refractivity contribution in [3.05, 3.63) is 29.3 Å². The van der Waals surface area contributed by atoms with Crippen molar-refractivity contribution in [3.8, 4) is 0 Å². The summed E-state index contributed by atoms with van der Waals surface area (Å²) in [6.45, 7) is -0.521. The molecule has 0 unspecified atom stereocenters. The predicted molar refractivity (Wildman–Crippen MR) is 87.0 cm³/mol. The fraction of sp³-hybridized carbons (Fsp3) is 0.308. The largest absolute Gasteiger partial charge is 0.346 e. The fourth-order valence-corrected chi connectivity index (χ4v) is 1.64. The minimum atomic E-state index is -0.430. The fourth-order valence-electron chi connectivity index (χ4n) is 1.45. The molecule has 22 heavy (non-hydrogen) atoms. The lowest BCUT2D eigenvalue weighted by molar-refractivity contribution is -0.134. The van der Waals surface area contributed by atoms with Crippen molar-refractivity contribution in [2.24, 2.45) is 5.73 Å². The highest BCUT2D eigenvalue weighted by Gasteiger charge is 2.13. The molecule has 1 rings (SSSR count). The molecule has 7 nitrogen and oxygen atoms in total. The number of hydrogen-bond acceptors (Lipinski definition) is 4. The molecule has 1 aromatic rings. The van der Waals surface area contributed by atoms with Crippen LogP contribution in [0.4, 0.5) is 5.69 Å². The van der Waals surface area contributed by atoms with Gasteiger partial charge in [-0.05, 0) is 18.2 Å². The minimum absolute atomic E-state index is 0. The summed E-state index contributed by atoms with van der Waals surface area (Å²) < 4.78 is 0. The number of benzene rings is 1. The summed E-state index contributed by atoms with van der Waals surface area (Å²) in [5, 5.41) is 5.46. The topological polar surface area (TPSA) is 105 Å². The Bertz CT molecular complexity index is 540. The van der Waals surface area contributed by atoms with E-state index in [1.165, 1.54) is 11.9 Å². The van der Waals surface area contributed by atoms with Crippen LogP contribution in [0.25, 0.3) is 0 Å². The smallest absolute Gasteiger partial charge is 0.243 e. The summed E-state index contributed by atoms with van der Waals surface area (Å²) in [5.41, 5.74) is 5.65. The van der Waals surface area contributed by atoms with E-state index in [2.05, 4.69) is 10.6 Å². The lowest BCUT2D eigenvalue weighted by atomic mass is 10.3. The molecule has 0 aliphatic carbocycles. The van der Waals surface area contributed by atoms with E-state index < -0.39 is 11.8 Å². The van der Waals surface area contributed by atoms with Crippen molar-refractivity contribution in [1.29, 1.82) is 0 Å². The number of carbonyl (C=O) groups is 3. The number of anilines is 1. The van der Waals surface area contributed by atoms with Gasteiger partial charge in [0.25, 0.3) is 0 Å². The zero-order valence-electron chi connectivity index (χ0n) is 12.0. The molecular weight excluding hydrogens is 331 g/mol. The number of rotatable bonds is 6. The molecule has 0 radical (unpaired) electrons. The van der Waals surface area contributed by atoms with Gasteiger partial charge in [-0.25, -0.2) is 0 Å². The van der Waals surface area contributed by atoms with Crippen molar-refractivity contribution in [2.75, 3.05) is 32.0 Å². The summed E-state index contributed by atoms with van der Waals surface area (Å²) in [5.74, 6) is -1.18. The standard InChI is InChI=1S/C13H17ClN4O3.ClH/c1-18(13(21)7-16-11(19)6-15)8-12(20)17-10-4-2-3-9(14)5-10;/h2-5H,6-8,15H2,1H3,(H,16,19)(H,17,20);1H. The van der Waals surface area contributed by atoms with E-state index in [9.17, 15) is 14.4 Å². The molecule has 0 saturated heterocycles. The first-order valence-electron chi connectivity index (χ1n) is 6.18. The number of halogens is 2. The van der Waals surface area contributed by atoms with Gasteiger partial charge in [0.05, 0.1) is 19.6 Å². The molecular formula is C13H18Cl2N4O3. The van der Waals surface area contributed by atoms with Gasteiger partial charge >= 0.3 is 0 Å². The quantitative estimate of drug-likeness (QED) is 0.684. The normalized spacial score (nSPS) is 9.41. The summed E-state index contributed by atoms with van der Waals surface area (Å²) in [7, 11) is 1.47. The first kappa shape index (κ1) is 20.2. The molecule has 0 atom stereocenters. The Labute approximate surface area is 139 Å². The third-order valence-electron chi connectivity index (χ3n) is 2.54. The SMILES string of the molecule is CN(CC(=O)Nc1cccc(Cl)c1)C(=O)CNC(=O)CN.Cl. The molecule has 0 aliphatic rings. The highest BCUT2D eigenvalue weighted by Crippen LogP contribution is 2.14. The maximum atomic E-state index is 11.8. The maximum absolute atomic E-state index is 11.8. The van der Waals surface area contributed by atoms with E-state index in [0.29, 0.717) is 10.7 Å². The van der Waals surface area contributed by atoms with Crippen LogP contribution in [0, 0.1) is 0 Å². The van der Waals surface area contributed by atoms with Gasteiger partial charge in [-0.15, -0.1) is 12.4 Å². The lowest BCUT2D eigenvalue weighted by Crippen LogP contribution is -2.42. The van der Waals surface area contributed by atoms with E-state index in [0.717, 1.165) is 0 Å². The van der Waals surface area contributed by atoms with Gasteiger partial charge in [0.2, 0.25) is 17.7 Å². The van der Waals surface area contributed by atoms with E-state index in [4.69, 9.17) is 17.3 Å².